The standard InChI is InChI=1S/C27H27N5O6S/c1-4-35-26(34)23-14-28-27(39-23)29-19-11-21(36-15-18-9-10-32(3)25(18)33)13-22(12-19)38-20-7-5-17(6-8-20)24-31-30-16(2)37-24/h5-8,11-14,18H,4,9-10,15H2,1-3H3,(H,28,29). The molecule has 0 spiro atoms. The van der Waals surface area contributed by atoms with Gasteiger partial charge in [-0.15, -0.1) is 10.2 Å². The molecule has 0 saturated carbocycles. The van der Waals surface area contributed by atoms with Crippen molar-refractivity contribution >= 4 is 34.0 Å². The average molecular weight is 550 g/mol. The highest BCUT2D eigenvalue weighted by atomic mass is 32.1. The highest BCUT2D eigenvalue weighted by Gasteiger charge is 2.29. The fraction of sp³-hybridized carbons (Fsp3) is 0.296. The Morgan fingerprint density at radius 3 is 2.64 bits per heavy atom. The van der Waals surface area contributed by atoms with Gasteiger partial charge in [-0.2, -0.15) is 0 Å². The Bertz CT molecular complexity index is 1470. The summed E-state index contributed by atoms with van der Waals surface area (Å²) in [6.07, 6.45) is 2.22. The van der Waals surface area contributed by atoms with E-state index in [-0.39, 0.29) is 25.0 Å². The Balaban J connectivity index is 1.35. The summed E-state index contributed by atoms with van der Waals surface area (Å²) in [6.45, 7) is 4.75. The lowest BCUT2D eigenvalue weighted by atomic mass is 10.1. The molecule has 1 saturated heterocycles. The molecular formula is C27H27N5O6S. The first kappa shape index (κ1) is 26.2. The molecule has 1 atom stereocenters. The predicted octanol–water partition coefficient (Wildman–Crippen LogP) is 5.07. The number of amides is 1. The molecule has 0 radical (unpaired) electrons. The number of rotatable bonds is 10. The van der Waals surface area contributed by atoms with Crippen molar-refractivity contribution in [3.05, 3.63) is 59.4 Å². The van der Waals surface area contributed by atoms with Gasteiger partial charge in [0.05, 0.1) is 25.3 Å². The van der Waals surface area contributed by atoms with Crippen molar-refractivity contribution in [3.63, 3.8) is 0 Å². The summed E-state index contributed by atoms with van der Waals surface area (Å²) in [5.74, 6) is 2.00. The minimum atomic E-state index is -0.422. The maximum absolute atomic E-state index is 12.3. The highest BCUT2D eigenvalue weighted by molar-refractivity contribution is 7.17. The van der Waals surface area contributed by atoms with E-state index in [0.29, 0.717) is 44.7 Å². The molecule has 0 aliphatic carbocycles. The number of likely N-dealkylation sites (tertiary alicyclic amines) is 1. The molecule has 1 amide bonds. The average Bonchev–Trinajstić information content (AvgIpc) is 3.65. The van der Waals surface area contributed by atoms with Gasteiger partial charge in [-0.05, 0) is 37.6 Å². The molecule has 0 bridgehead atoms. The summed E-state index contributed by atoms with van der Waals surface area (Å²) in [4.78, 5) is 30.7. The SMILES string of the molecule is CCOC(=O)c1cnc(Nc2cc(OCC3CCN(C)C3=O)cc(Oc3ccc(-c4nnc(C)o4)cc3)c2)s1. The van der Waals surface area contributed by atoms with Crippen LogP contribution in [0.15, 0.2) is 53.1 Å². The number of anilines is 2. The van der Waals surface area contributed by atoms with Crippen molar-refractivity contribution in [1.29, 1.82) is 0 Å². The first-order valence-corrected chi connectivity index (χ1v) is 13.2. The molecule has 1 N–H and O–H groups in total. The molecule has 12 heteroatoms. The molecule has 4 aromatic rings. The van der Waals surface area contributed by atoms with Crippen molar-refractivity contribution in [2.45, 2.75) is 20.3 Å². The van der Waals surface area contributed by atoms with Crippen LogP contribution in [0.25, 0.3) is 11.5 Å². The van der Waals surface area contributed by atoms with Crippen LogP contribution in [-0.4, -0.2) is 58.8 Å². The van der Waals surface area contributed by atoms with Crippen molar-refractivity contribution in [2.24, 2.45) is 5.92 Å². The lowest BCUT2D eigenvalue weighted by Crippen LogP contribution is -2.25. The summed E-state index contributed by atoms with van der Waals surface area (Å²) in [5.41, 5.74) is 1.41. The molecule has 202 valence electrons. The van der Waals surface area contributed by atoms with Gasteiger partial charge in [0.15, 0.2) is 5.13 Å². The molecule has 5 rings (SSSR count). The molecule has 39 heavy (non-hydrogen) atoms. The Labute approximate surface area is 228 Å². The number of benzene rings is 2. The number of hydrogen-bond donors (Lipinski definition) is 1. The van der Waals surface area contributed by atoms with Gasteiger partial charge in [-0.3, -0.25) is 4.79 Å². The third-order valence-corrected chi connectivity index (χ3v) is 6.86. The van der Waals surface area contributed by atoms with E-state index in [2.05, 4.69) is 20.5 Å². The minimum absolute atomic E-state index is 0.0755. The number of hydrogen-bond acceptors (Lipinski definition) is 11. The lowest BCUT2D eigenvalue weighted by Gasteiger charge is -2.15. The Kier molecular flexibility index (Phi) is 7.73. The van der Waals surface area contributed by atoms with Crippen LogP contribution in [0, 0.1) is 12.8 Å². The quantitative estimate of drug-likeness (QED) is 0.268. The number of nitrogens with zero attached hydrogens (tertiary/aromatic N) is 4. The molecule has 1 fully saturated rings. The zero-order chi connectivity index (χ0) is 27.4. The van der Waals surface area contributed by atoms with Gasteiger partial charge in [-0.25, -0.2) is 9.78 Å². The van der Waals surface area contributed by atoms with Crippen LogP contribution in [-0.2, 0) is 9.53 Å². The van der Waals surface area contributed by atoms with E-state index in [1.54, 1.807) is 56.1 Å². The Morgan fingerprint density at radius 2 is 1.95 bits per heavy atom. The summed E-state index contributed by atoms with van der Waals surface area (Å²) >= 11 is 1.18. The second-order valence-electron chi connectivity index (χ2n) is 8.88. The normalized spacial score (nSPS) is 14.9. The van der Waals surface area contributed by atoms with Gasteiger partial charge < -0.3 is 28.8 Å². The van der Waals surface area contributed by atoms with Gasteiger partial charge in [0.2, 0.25) is 17.7 Å². The summed E-state index contributed by atoms with van der Waals surface area (Å²) in [6, 6.07) is 12.6. The van der Waals surface area contributed by atoms with E-state index in [1.807, 2.05) is 12.1 Å². The highest BCUT2D eigenvalue weighted by Crippen LogP contribution is 2.34. The molecule has 2 aromatic heterocycles. The topological polar surface area (TPSA) is 129 Å². The van der Waals surface area contributed by atoms with Gasteiger partial charge in [-0.1, -0.05) is 11.3 Å². The van der Waals surface area contributed by atoms with Crippen molar-refractivity contribution in [3.8, 4) is 28.7 Å². The zero-order valence-corrected chi connectivity index (χ0v) is 22.5. The van der Waals surface area contributed by atoms with E-state index >= 15 is 0 Å². The molecular weight excluding hydrogens is 522 g/mol. The number of thiazole rings is 1. The maximum atomic E-state index is 12.3. The smallest absolute Gasteiger partial charge is 0.350 e. The van der Waals surface area contributed by atoms with Crippen molar-refractivity contribution < 1.29 is 28.2 Å². The minimum Gasteiger partial charge on any atom is -0.493 e. The summed E-state index contributed by atoms with van der Waals surface area (Å²) in [5, 5.41) is 11.6. The van der Waals surface area contributed by atoms with Crippen LogP contribution in [0.3, 0.4) is 0 Å². The molecule has 1 unspecified atom stereocenters. The van der Waals surface area contributed by atoms with Crippen molar-refractivity contribution in [2.75, 3.05) is 32.1 Å². The number of aromatic nitrogens is 3. The first-order chi connectivity index (χ1) is 18.9. The molecule has 3 heterocycles. The van der Waals surface area contributed by atoms with E-state index in [4.69, 9.17) is 18.6 Å². The maximum Gasteiger partial charge on any atom is 0.350 e. The Hall–Kier alpha value is -4.45. The second-order valence-corrected chi connectivity index (χ2v) is 9.91. The van der Waals surface area contributed by atoms with Gasteiger partial charge >= 0.3 is 5.97 Å². The van der Waals surface area contributed by atoms with Gasteiger partial charge in [0.1, 0.15) is 22.1 Å². The van der Waals surface area contributed by atoms with Gasteiger partial charge in [0, 0.05) is 50.0 Å². The van der Waals surface area contributed by atoms with E-state index in [0.717, 1.165) is 18.5 Å². The zero-order valence-electron chi connectivity index (χ0n) is 21.7. The number of aryl methyl sites for hydroxylation is 1. The summed E-state index contributed by atoms with van der Waals surface area (Å²) < 4.78 is 22.7. The number of esters is 1. The lowest BCUT2D eigenvalue weighted by molar-refractivity contribution is -0.130. The van der Waals surface area contributed by atoms with Crippen LogP contribution in [0.2, 0.25) is 0 Å². The molecule has 11 nitrogen and oxygen atoms in total. The largest absolute Gasteiger partial charge is 0.493 e. The third-order valence-electron chi connectivity index (χ3n) is 5.97. The van der Waals surface area contributed by atoms with Crippen LogP contribution < -0.4 is 14.8 Å². The molecule has 1 aliphatic rings. The monoisotopic (exact) mass is 549 g/mol. The fourth-order valence-electron chi connectivity index (χ4n) is 4.00. The van der Waals surface area contributed by atoms with Crippen LogP contribution in [0.1, 0.15) is 28.9 Å². The fourth-order valence-corrected chi connectivity index (χ4v) is 4.73. The van der Waals surface area contributed by atoms with Crippen LogP contribution >= 0.6 is 11.3 Å². The third kappa shape index (κ3) is 6.34. The first-order valence-electron chi connectivity index (χ1n) is 12.4. The van der Waals surface area contributed by atoms with Crippen LogP contribution in [0.5, 0.6) is 17.2 Å². The van der Waals surface area contributed by atoms with E-state index in [1.165, 1.54) is 17.5 Å². The summed E-state index contributed by atoms with van der Waals surface area (Å²) in [7, 11) is 1.79. The van der Waals surface area contributed by atoms with E-state index in [9.17, 15) is 9.59 Å². The number of ether oxygens (including phenoxy) is 3. The predicted molar refractivity (Wildman–Crippen MR) is 144 cm³/mol. The number of carbonyl (C=O) groups excluding carboxylic acids is 2. The van der Waals surface area contributed by atoms with Crippen LogP contribution in [0.4, 0.5) is 10.8 Å². The number of carbonyl (C=O) groups is 2. The second kappa shape index (κ2) is 11.5. The molecule has 1 aliphatic heterocycles. The molecule has 2 aromatic carbocycles. The van der Waals surface area contributed by atoms with Gasteiger partial charge in [0.25, 0.3) is 0 Å². The number of nitrogens with one attached hydrogen (secondary N) is 1. The van der Waals surface area contributed by atoms with E-state index < -0.39 is 5.97 Å². The van der Waals surface area contributed by atoms with Crippen molar-refractivity contribution in [1.82, 2.24) is 20.1 Å². The Morgan fingerprint density at radius 1 is 1.15 bits per heavy atom.